The zero-order valence-corrected chi connectivity index (χ0v) is 34.2. The van der Waals surface area contributed by atoms with Gasteiger partial charge in [-0.3, -0.25) is 14.4 Å². The Morgan fingerprint density at radius 2 is 1.40 bits per heavy atom. The summed E-state index contributed by atoms with van der Waals surface area (Å²) in [6.07, 6.45) is 13.5. The normalized spacial score (nSPS) is 17.0. The number of benzene rings is 1. The predicted octanol–water partition coefficient (Wildman–Crippen LogP) is 9.52. The average molecular weight is 703 g/mol. The minimum absolute atomic E-state index is 0.00149. The van der Waals surface area contributed by atoms with Crippen LogP contribution in [0.15, 0.2) is 0 Å². The highest BCUT2D eigenvalue weighted by Crippen LogP contribution is 2.45. The largest absolute Gasteiger partial charge is 0.487 e. The molecule has 0 saturated heterocycles. The number of amides is 2. The molecule has 3 N–H and O–H groups in total. The lowest BCUT2D eigenvalue weighted by Crippen LogP contribution is -2.48. The molecule has 1 aliphatic rings. The van der Waals surface area contributed by atoms with Gasteiger partial charge in [0.25, 0.3) is 0 Å². The number of aliphatic hydroxyl groups is 1. The van der Waals surface area contributed by atoms with E-state index in [1.165, 1.54) is 63.2 Å². The first-order valence-corrected chi connectivity index (χ1v) is 19.4. The van der Waals surface area contributed by atoms with Crippen LogP contribution in [0, 0.1) is 44.4 Å². The van der Waals surface area contributed by atoms with Crippen molar-refractivity contribution in [2.24, 2.45) is 29.4 Å². The van der Waals surface area contributed by atoms with Crippen LogP contribution in [0.25, 0.3) is 0 Å². The molecule has 2 rings (SSSR count). The Labute approximate surface area is 305 Å². The molecule has 8 heteroatoms. The number of carbonyl (C=O) groups is 3. The Balaban J connectivity index is 0.000000885. The second-order valence-electron chi connectivity index (χ2n) is 16.9. The number of nitrogens with two attached hydrogens (primary N) is 1. The number of primary amides is 1. The van der Waals surface area contributed by atoms with Crippen molar-refractivity contribution >= 4 is 17.8 Å². The predicted molar refractivity (Wildman–Crippen MR) is 205 cm³/mol. The van der Waals surface area contributed by atoms with Crippen LogP contribution in [-0.2, 0) is 20.8 Å². The van der Waals surface area contributed by atoms with E-state index in [1.54, 1.807) is 13.8 Å². The van der Waals surface area contributed by atoms with E-state index in [0.29, 0.717) is 18.2 Å². The van der Waals surface area contributed by atoms with Gasteiger partial charge < -0.3 is 25.2 Å². The van der Waals surface area contributed by atoms with Crippen LogP contribution < -0.4 is 15.2 Å². The van der Waals surface area contributed by atoms with Gasteiger partial charge in [-0.1, -0.05) is 86.5 Å². The molecule has 0 bridgehead atoms. The molecule has 1 aromatic rings. The van der Waals surface area contributed by atoms with Gasteiger partial charge in [-0.05, 0) is 108 Å². The van der Waals surface area contributed by atoms with Crippen molar-refractivity contribution < 1.29 is 29.0 Å². The minimum atomic E-state index is -1.05. The molecule has 8 nitrogen and oxygen atoms in total. The standard InChI is InChI=1S/C33H55NO4.C9H19NO2/c1-22(2)12-9-13-23(3)14-10-15-24(4)16-11-20-33(8)21-19-28-27(7)31(25(5)26(6)32(28)38-33)37-30(36)18-17-29(34)35;1-7(2)6-10(8(3)11)9(4,5)12/h22-24H,9-21H2,1-8H3,(H2,34,35);7,12H,6H2,1-5H3. The van der Waals surface area contributed by atoms with Gasteiger partial charge in [0.05, 0.1) is 6.42 Å². The lowest BCUT2D eigenvalue weighted by Gasteiger charge is -2.38. The molecule has 288 valence electrons. The molecule has 0 radical (unpaired) electrons. The fourth-order valence-electron chi connectivity index (χ4n) is 6.91. The Morgan fingerprint density at radius 3 is 1.86 bits per heavy atom. The zero-order chi connectivity index (χ0) is 38.4. The summed E-state index contributed by atoms with van der Waals surface area (Å²) in [5.41, 5.74) is 8.02. The molecular weight excluding hydrogens is 628 g/mol. The Hall–Kier alpha value is -2.61. The molecule has 1 aromatic carbocycles. The smallest absolute Gasteiger partial charge is 0.311 e. The van der Waals surface area contributed by atoms with Gasteiger partial charge in [-0.25, -0.2) is 0 Å². The van der Waals surface area contributed by atoms with E-state index in [-0.39, 0.29) is 24.3 Å². The van der Waals surface area contributed by atoms with E-state index in [1.807, 2.05) is 34.6 Å². The molecule has 1 aliphatic heterocycles. The van der Waals surface area contributed by atoms with Crippen molar-refractivity contribution in [2.45, 2.75) is 185 Å². The molecule has 0 aliphatic carbocycles. The summed E-state index contributed by atoms with van der Waals surface area (Å²) in [7, 11) is 0. The van der Waals surface area contributed by atoms with Gasteiger partial charge in [-0.2, -0.15) is 0 Å². The number of rotatable bonds is 19. The molecule has 50 heavy (non-hydrogen) atoms. The highest BCUT2D eigenvalue weighted by Gasteiger charge is 2.35. The summed E-state index contributed by atoms with van der Waals surface area (Å²) in [4.78, 5) is 35.9. The van der Waals surface area contributed by atoms with Gasteiger partial charge in [0.15, 0.2) is 0 Å². The topological polar surface area (TPSA) is 119 Å². The number of ether oxygens (including phenoxy) is 2. The molecule has 0 fully saturated rings. The van der Waals surface area contributed by atoms with Crippen molar-refractivity contribution in [3.8, 4) is 11.5 Å². The Kier molecular flexibility index (Phi) is 19.1. The fourth-order valence-corrected chi connectivity index (χ4v) is 6.91. The molecular formula is C42H74N2O6. The van der Waals surface area contributed by atoms with Crippen LogP contribution in [-0.4, -0.2) is 45.7 Å². The lowest BCUT2D eigenvalue weighted by molar-refractivity contribution is -0.152. The average Bonchev–Trinajstić information content (AvgIpc) is 2.99. The number of hydrogen-bond acceptors (Lipinski definition) is 6. The monoisotopic (exact) mass is 703 g/mol. The van der Waals surface area contributed by atoms with Gasteiger partial charge >= 0.3 is 5.97 Å². The number of fused-ring (bicyclic) bond motifs is 1. The van der Waals surface area contributed by atoms with Gasteiger partial charge in [-0.15, -0.1) is 0 Å². The third kappa shape index (κ3) is 16.2. The summed E-state index contributed by atoms with van der Waals surface area (Å²) in [6.45, 7) is 27.1. The maximum atomic E-state index is 12.3. The Bertz CT molecular complexity index is 1230. The molecule has 3 atom stereocenters. The SMILES string of the molecule is CC(=O)N(CC(C)C)C(C)(C)O.Cc1c(C)c2c(c(C)c1OC(=O)CCC(N)=O)CCC(C)(CCCC(C)CCCC(C)CCCC(C)C)O2. The van der Waals surface area contributed by atoms with Crippen LogP contribution in [0.5, 0.6) is 11.5 Å². The first-order chi connectivity index (χ1) is 23.1. The third-order valence-electron chi connectivity index (χ3n) is 10.2. The number of carbonyl (C=O) groups excluding carboxylic acids is 3. The van der Waals surface area contributed by atoms with E-state index < -0.39 is 17.6 Å². The fraction of sp³-hybridized carbons (Fsp3) is 0.786. The number of esters is 1. The van der Waals surface area contributed by atoms with Crippen molar-refractivity contribution in [2.75, 3.05) is 6.54 Å². The quantitative estimate of drug-likeness (QED) is 0.0842. The zero-order valence-electron chi connectivity index (χ0n) is 34.2. The third-order valence-corrected chi connectivity index (χ3v) is 10.2. The van der Waals surface area contributed by atoms with Gasteiger partial charge in [0.2, 0.25) is 11.8 Å². The lowest BCUT2D eigenvalue weighted by atomic mass is 9.83. The van der Waals surface area contributed by atoms with Crippen molar-refractivity contribution in [3.63, 3.8) is 0 Å². The summed E-state index contributed by atoms with van der Waals surface area (Å²) < 4.78 is 12.4. The van der Waals surface area contributed by atoms with Crippen molar-refractivity contribution in [3.05, 3.63) is 22.3 Å². The van der Waals surface area contributed by atoms with E-state index in [2.05, 4.69) is 34.6 Å². The highest BCUT2D eigenvalue weighted by molar-refractivity contribution is 5.81. The van der Waals surface area contributed by atoms with Crippen LogP contribution in [0.2, 0.25) is 0 Å². The second-order valence-corrected chi connectivity index (χ2v) is 16.9. The van der Waals surface area contributed by atoms with Crippen LogP contribution in [0.1, 0.15) is 169 Å². The second kappa shape index (κ2) is 21.0. The van der Waals surface area contributed by atoms with Crippen LogP contribution in [0.4, 0.5) is 0 Å². The van der Waals surface area contributed by atoms with E-state index in [4.69, 9.17) is 15.2 Å². The summed E-state index contributed by atoms with van der Waals surface area (Å²) in [6, 6.07) is 0. The van der Waals surface area contributed by atoms with Crippen LogP contribution >= 0.6 is 0 Å². The molecule has 0 saturated carbocycles. The molecule has 0 spiro atoms. The number of hydrogen-bond donors (Lipinski definition) is 2. The molecule has 3 unspecified atom stereocenters. The number of nitrogens with zero attached hydrogens (tertiary/aromatic N) is 1. The summed E-state index contributed by atoms with van der Waals surface area (Å²) in [5, 5.41) is 9.60. The Morgan fingerprint density at radius 1 is 0.860 bits per heavy atom. The van der Waals surface area contributed by atoms with E-state index >= 15 is 0 Å². The molecule has 0 aromatic heterocycles. The van der Waals surface area contributed by atoms with Gasteiger partial charge in [0, 0.05) is 25.5 Å². The minimum Gasteiger partial charge on any atom is -0.487 e. The van der Waals surface area contributed by atoms with Crippen molar-refractivity contribution in [1.29, 1.82) is 0 Å². The highest BCUT2D eigenvalue weighted by atomic mass is 16.5. The molecule has 2 amide bonds. The maximum absolute atomic E-state index is 12.3. The summed E-state index contributed by atoms with van der Waals surface area (Å²) in [5.74, 6) is 3.37. The van der Waals surface area contributed by atoms with E-state index in [0.717, 1.165) is 65.0 Å². The summed E-state index contributed by atoms with van der Waals surface area (Å²) >= 11 is 0. The van der Waals surface area contributed by atoms with Crippen LogP contribution in [0.3, 0.4) is 0 Å². The van der Waals surface area contributed by atoms with Gasteiger partial charge in [0.1, 0.15) is 22.8 Å². The van der Waals surface area contributed by atoms with E-state index in [9.17, 15) is 19.5 Å². The molecule has 1 heterocycles. The first-order valence-electron chi connectivity index (χ1n) is 19.4. The van der Waals surface area contributed by atoms with Crippen molar-refractivity contribution in [1.82, 2.24) is 4.90 Å². The first kappa shape index (κ1) is 45.4. The maximum Gasteiger partial charge on any atom is 0.311 e.